The van der Waals surface area contributed by atoms with E-state index in [2.05, 4.69) is 36.8 Å². The smallest absolute Gasteiger partial charge is 0.234 e. The minimum atomic E-state index is -0.136. The third-order valence-electron chi connectivity index (χ3n) is 3.74. The molecule has 0 unspecified atom stereocenters. The van der Waals surface area contributed by atoms with Crippen LogP contribution in [0.2, 0.25) is 0 Å². The van der Waals surface area contributed by atoms with Crippen LogP contribution in [0.15, 0.2) is 58.2 Å². The first-order chi connectivity index (χ1) is 13.4. The normalized spacial score (nSPS) is 10.5. The molecule has 1 heterocycles. The maximum Gasteiger partial charge on any atom is 0.234 e. The Morgan fingerprint density at radius 1 is 1.07 bits per heavy atom. The van der Waals surface area contributed by atoms with E-state index in [0.29, 0.717) is 16.7 Å². The van der Waals surface area contributed by atoms with E-state index in [0.717, 1.165) is 15.7 Å². The molecule has 0 saturated carbocycles. The van der Waals surface area contributed by atoms with Gasteiger partial charge in [-0.25, -0.2) is 0 Å². The van der Waals surface area contributed by atoms with Crippen LogP contribution in [0.3, 0.4) is 0 Å². The number of benzene rings is 2. The van der Waals surface area contributed by atoms with Gasteiger partial charge in [0.25, 0.3) is 0 Å². The molecule has 0 aliphatic rings. The van der Waals surface area contributed by atoms with Gasteiger partial charge in [-0.15, -0.1) is 10.2 Å². The van der Waals surface area contributed by atoms with Gasteiger partial charge in [0.05, 0.1) is 5.75 Å². The molecule has 0 radical (unpaired) electrons. The van der Waals surface area contributed by atoms with Crippen molar-refractivity contribution in [1.29, 1.82) is 0 Å². The highest BCUT2D eigenvalue weighted by atomic mass is 79.9. The largest absolute Gasteiger partial charge is 0.326 e. The second-order valence-electron chi connectivity index (χ2n) is 5.97. The third-order valence-corrected chi connectivity index (χ3v) is 5.29. The SMILES string of the molecule is CC(=O)Nc1cccc(-c2nnc(SCC(=O)Nc3ccc(Br)cc3)n2C)c1. The van der Waals surface area contributed by atoms with E-state index >= 15 is 0 Å². The molecule has 1 aromatic heterocycles. The van der Waals surface area contributed by atoms with E-state index in [-0.39, 0.29) is 17.6 Å². The van der Waals surface area contributed by atoms with E-state index < -0.39 is 0 Å². The number of carbonyl (C=O) groups is 2. The Labute approximate surface area is 175 Å². The number of anilines is 2. The lowest BCUT2D eigenvalue weighted by Crippen LogP contribution is -2.14. The number of carbonyl (C=O) groups excluding carboxylic acids is 2. The number of nitrogens with zero attached hydrogens (tertiary/aromatic N) is 3. The maximum atomic E-state index is 12.2. The summed E-state index contributed by atoms with van der Waals surface area (Å²) < 4.78 is 2.78. The quantitative estimate of drug-likeness (QED) is 0.545. The maximum absolute atomic E-state index is 12.2. The molecule has 28 heavy (non-hydrogen) atoms. The molecule has 2 N–H and O–H groups in total. The van der Waals surface area contributed by atoms with E-state index in [4.69, 9.17) is 0 Å². The zero-order valence-electron chi connectivity index (χ0n) is 15.3. The van der Waals surface area contributed by atoms with Gasteiger partial charge in [0.15, 0.2) is 11.0 Å². The van der Waals surface area contributed by atoms with Gasteiger partial charge in [0.2, 0.25) is 11.8 Å². The van der Waals surface area contributed by atoms with Crippen molar-refractivity contribution in [2.45, 2.75) is 12.1 Å². The lowest BCUT2D eigenvalue weighted by molar-refractivity contribution is -0.114. The molecule has 0 saturated heterocycles. The Kier molecular flexibility index (Phi) is 6.48. The predicted octanol–water partition coefficient (Wildman–Crippen LogP) is 3.93. The Balaban J connectivity index is 1.65. The van der Waals surface area contributed by atoms with Crippen LogP contribution in [0.1, 0.15) is 6.92 Å². The average Bonchev–Trinajstić information content (AvgIpc) is 3.02. The van der Waals surface area contributed by atoms with Gasteiger partial charge >= 0.3 is 0 Å². The van der Waals surface area contributed by atoms with Gasteiger partial charge in [-0.3, -0.25) is 9.59 Å². The van der Waals surface area contributed by atoms with Gasteiger partial charge < -0.3 is 15.2 Å². The Morgan fingerprint density at radius 3 is 2.54 bits per heavy atom. The van der Waals surface area contributed by atoms with Crippen molar-refractivity contribution < 1.29 is 9.59 Å². The molecule has 0 bridgehead atoms. The van der Waals surface area contributed by atoms with Crippen molar-refractivity contribution >= 4 is 50.9 Å². The standard InChI is InChI=1S/C19H18BrN5O2S/c1-12(26)21-16-5-3-4-13(10-16)18-23-24-19(25(18)2)28-11-17(27)22-15-8-6-14(20)7-9-15/h3-10H,11H2,1-2H3,(H,21,26)(H,22,27). The highest BCUT2D eigenvalue weighted by Crippen LogP contribution is 2.25. The van der Waals surface area contributed by atoms with Crippen LogP contribution in [0.4, 0.5) is 11.4 Å². The number of amides is 2. The zero-order valence-corrected chi connectivity index (χ0v) is 17.7. The summed E-state index contributed by atoms with van der Waals surface area (Å²) in [6.45, 7) is 1.46. The van der Waals surface area contributed by atoms with Crippen molar-refractivity contribution in [2.75, 3.05) is 16.4 Å². The minimum absolute atomic E-state index is 0.121. The molecule has 0 atom stereocenters. The van der Waals surface area contributed by atoms with E-state index in [1.807, 2.05) is 60.1 Å². The Bertz CT molecular complexity index is 1000. The molecule has 3 rings (SSSR count). The van der Waals surface area contributed by atoms with Crippen molar-refractivity contribution in [2.24, 2.45) is 7.05 Å². The van der Waals surface area contributed by atoms with Crippen LogP contribution in [0.5, 0.6) is 0 Å². The molecular formula is C19H18BrN5O2S. The lowest BCUT2D eigenvalue weighted by atomic mass is 10.2. The average molecular weight is 460 g/mol. The fourth-order valence-electron chi connectivity index (χ4n) is 2.49. The number of halogens is 1. The fourth-order valence-corrected chi connectivity index (χ4v) is 3.47. The van der Waals surface area contributed by atoms with E-state index in [9.17, 15) is 9.59 Å². The fraction of sp³-hybridized carbons (Fsp3) is 0.158. The first-order valence-electron chi connectivity index (χ1n) is 8.38. The Hall–Kier alpha value is -2.65. The monoisotopic (exact) mass is 459 g/mol. The molecule has 0 fully saturated rings. The summed E-state index contributed by atoms with van der Waals surface area (Å²) >= 11 is 4.67. The second-order valence-corrected chi connectivity index (χ2v) is 7.83. The predicted molar refractivity (Wildman–Crippen MR) is 114 cm³/mol. The van der Waals surface area contributed by atoms with Gasteiger partial charge in [-0.2, -0.15) is 0 Å². The van der Waals surface area contributed by atoms with Crippen LogP contribution in [-0.2, 0) is 16.6 Å². The van der Waals surface area contributed by atoms with Crippen LogP contribution in [0, 0.1) is 0 Å². The summed E-state index contributed by atoms with van der Waals surface area (Å²) in [4.78, 5) is 23.4. The molecule has 0 spiro atoms. The highest BCUT2D eigenvalue weighted by Gasteiger charge is 2.13. The van der Waals surface area contributed by atoms with Crippen LogP contribution in [0.25, 0.3) is 11.4 Å². The Morgan fingerprint density at radius 2 is 1.82 bits per heavy atom. The summed E-state index contributed by atoms with van der Waals surface area (Å²) in [6, 6.07) is 14.8. The van der Waals surface area contributed by atoms with E-state index in [1.165, 1.54) is 18.7 Å². The molecule has 144 valence electrons. The van der Waals surface area contributed by atoms with Crippen LogP contribution in [-0.4, -0.2) is 32.3 Å². The molecule has 3 aromatic rings. The number of thioether (sulfide) groups is 1. The van der Waals surface area contributed by atoms with Crippen LogP contribution < -0.4 is 10.6 Å². The summed E-state index contributed by atoms with van der Waals surface area (Å²) in [5, 5.41) is 14.6. The summed E-state index contributed by atoms with van der Waals surface area (Å²) in [7, 11) is 1.84. The van der Waals surface area contributed by atoms with Gasteiger partial charge in [0, 0.05) is 35.4 Å². The number of hydrogen-bond acceptors (Lipinski definition) is 5. The molecule has 2 amide bonds. The van der Waals surface area contributed by atoms with Crippen molar-refractivity contribution in [3.05, 3.63) is 53.0 Å². The zero-order chi connectivity index (χ0) is 20.1. The third kappa shape index (κ3) is 5.20. The first-order valence-corrected chi connectivity index (χ1v) is 10.2. The second kappa shape index (κ2) is 9.03. The highest BCUT2D eigenvalue weighted by molar-refractivity contribution is 9.10. The molecule has 0 aliphatic heterocycles. The van der Waals surface area contributed by atoms with Gasteiger partial charge in [0.1, 0.15) is 0 Å². The summed E-state index contributed by atoms with van der Waals surface area (Å²) in [5.74, 6) is 0.615. The molecule has 9 heteroatoms. The lowest BCUT2D eigenvalue weighted by Gasteiger charge is -2.07. The molecule has 2 aromatic carbocycles. The number of rotatable bonds is 6. The van der Waals surface area contributed by atoms with Crippen molar-refractivity contribution in [3.63, 3.8) is 0 Å². The number of aromatic nitrogens is 3. The number of nitrogens with one attached hydrogen (secondary N) is 2. The topological polar surface area (TPSA) is 88.9 Å². The molecular weight excluding hydrogens is 442 g/mol. The van der Waals surface area contributed by atoms with Crippen LogP contribution >= 0.6 is 27.7 Å². The van der Waals surface area contributed by atoms with Gasteiger partial charge in [-0.1, -0.05) is 39.8 Å². The van der Waals surface area contributed by atoms with Gasteiger partial charge in [-0.05, 0) is 36.4 Å². The van der Waals surface area contributed by atoms with Crippen molar-refractivity contribution in [3.8, 4) is 11.4 Å². The molecule has 0 aliphatic carbocycles. The van der Waals surface area contributed by atoms with E-state index in [1.54, 1.807) is 0 Å². The molecule has 7 nitrogen and oxygen atoms in total. The summed E-state index contributed by atoms with van der Waals surface area (Å²) in [6.07, 6.45) is 0. The minimum Gasteiger partial charge on any atom is -0.326 e. The number of hydrogen-bond donors (Lipinski definition) is 2. The first kappa shape index (κ1) is 20.1. The summed E-state index contributed by atoms with van der Waals surface area (Å²) in [5.41, 5.74) is 2.26. The van der Waals surface area contributed by atoms with Crippen molar-refractivity contribution in [1.82, 2.24) is 14.8 Å².